The first kappa shape index (κ1) is 17.0. The third-order valence-corrected chi connectivity index (χ3v) is 3.92. The lowest BCUT2D eigenvalue weighted by atomic mass is 10.2. The number of anilines is 2. The second kappa shape index (κ2) is 7.85. The summed E-state index contributed by atoms with van der Waals surface area (Å²) in [6.45, 7) is 2.24. The van der Waals surface area contributed by atoms with Gasteiger partial charge in [-0.25, -0.2) is 9.97 Å². The zero-order chi connectivity index (χ0) is 17.6. The number of aryl methyl sites for hydroxylation is 1. The SMILES string of the molecule is Cc1cc(C(=O)NCc2ccncc2)nc(Nc2ccc(Br)cc2)n1. The van der Waals surface area contributed by atoms with E-state index in [2.05, 4.69) is 41.5 Å². The van der Waals surface area contributed by atoms with Crippen molar-refractivity contribution < 1.29 is 4.79 Å². The van der Waals surface area contributed by atoms with E-state index in [1.807, 2.05) is 43.3 Å². The molecule has 0 spiro atoms. The molecule has 25 heavy (non-hydrogen) atoms. The molecule has 2 heterocycles. The largest absolute Gasteiger partial charge is 0.347 e. The first-order valence-corrected chi connectivity index (χ1v) is 8.45. The van der Waals surface area contributed by atoms with Crippen LogP contribution < -0.4 is 10.6 Å². The smallest absolute Gasteiger partial charge is 0.270 e. The number of nitrogens with one attached hydrogen (secondary N) is 2. The van der Waals surface area contributed by atoms with E-state index in [0.29, 0.717) is 23.9 Å². The second-order valence-electron chi connectivity index (χ2n) is 5.39. The molecule has 0 radical (unpaired) electrons. The van der Waals surface area contributed by atoms with Crippen molar-refractivity contribution in [2.45, 2.75) is 13.5 Å². The highest BCUT2D eigenvalue weighted by molar-refractivity contribution is 9.10. The van der Waals surface area contributed by atoms with Crippen LogP contribution in [0.2, 0.25) is 0 Å². The van der Waals surface area contributed by atoms with Crippen LogP contribution in [0.3, 0.4) is 0 Å². The van der Waals surface area contributed by atoms with Crippen molar-refractivity contribution in [3.05, 3.63) is 76.3 Å². The first-order valence-electron chi connectivity index (χ1n) is 7.65. The highest BCUT2D eigenvalue weighted by Crippen LogP contribution is 2.17. The number of hydrogen-bond acceptors (Lipinski definition) is 5. The summed E-state index contributed by atoms with van der Waals surface area (Å²) < 4.78 is 0.986. The van der Waals surface area contributed by atoms with Gasteiger partial charge in [-0.15, -0.1) is 0 Å². The molecule has 2 N–H and O–H groups in total. The summed E-state index contributed by atoms with van der Waals surface area (Å²) >= 11 is 3.39. The predicted octanol–water partition coefficient (Wildman–Crippen LogP) is 3.62. The van der Waals surface area contributed by atoms with Crippen LogP contribution in [-0.4, -0.2) is 20.9 Å². The number of aromatic nitrogens is 3. The van der Waals surface area contributed by atoms with E-state index in [1.54, 1.807) is 18.5 Å². The molecule has 0 aliphatic rings. The maximum atomic E-state index is 12.4. The molecule has 0 saturated heterocycles. The van der Waals surface area contributed by atoms with Gasteiger partial charge in [-0.05, 0) is 55.0 Å². The molecule has 0 unspecified atom stereocenters. The number of carbonyl (C=O) groups is 1. The summed E-state index contributed by atoms with van der Waals surface area (Å²) in [6.07, 6.45) is 3.38. The summed E-state index contributed by atoms with van der Waals surface area (Å²) in [5, 5.41) is 5.96. The molecule has 0 saturated carbocycles. The van der Waals surface area contributed by atoms with Crippen LogP contribution in [0.25, 0.3) is 0 Å². The molecule has 6 nitrogen and oxygen atoms in total. The van der Waals surface area contributed by atoms with Gasteiger partial charge in [-0.1, -0.05) is 15.9 Å². The Kier molecular flexibility index (Phi) is 5.35. The lowest BCUT2D eigenvalue weighted by Crippen LogP contribution is -2.24. The van der Waals surface area contributed by atoms with Gasteiger partial charge in [-0.3, -0.25) is 9.78 Å². The average Bonchev–Trinajstić information content (AvgIpc) is 2.62. The van der Waals surface area contributed by atoms with Crippen LogP contribution in [0, 0.1) is 6.92 Å². The standard InChI is InChI=1S/C18H16BrN5O/c1-12-10-16(17(25)21-11-13-6-8-20-9-7-13)24-18(22-12)23-15-4-2-14(19)3-5-15/h2-10H,11H2,1H3,(H,21,25)(H,22,23,24). The minimum Gasteiger partial charge on any atom is -0.347 e. The molecule has 1 aromatic carbocycles. The maximum absolute atomic E-state index is 12.4. The highest BCUT2D eigenvalue weighted by atomic mass is 79.9. The molecule has 7 heteroatoms. The summed E-state index contributed by atoms with van der Waals surface area (Å²) in [5.74, 6) is 0.137. The third-order valence-electron chi connectivity index (χ3n) is 3.39. The van der Waals surface area contributed by atoms with Gasteiger partial charge in [0.05, 0.1) is 0 Å². The van der Waals surface area contributed by atoms with Crippen LogP contribution in [-0.2, 0) is 6.54 Å². The normalized spacial score (nSPS) is 10.3. The van der Waals surface area contributed by atoms with Crippen molar-refractivity contribution in [2.24, 2.45) is 0 Å². The summed E-state index contributed by atoms with van der Waals surface area (Å²) in [7, 11) is 0. The van der Waals surface area contributed by atoms with E-state index in [4.69, 9.17) is 0 Å². The summed E-state index contributed by atoms with van der Waals surface area (Å²) in [6, 6.07) is 13.0. The fourth-order valence-electron chi connectivity index (χ4n) is 2.18. The molecule has 3 rings (SSSR count). The molecule has 0 atom stereocenters. The van der Waals surface area contributed by atoms with Crippen molar-refractivity contribution in [3.63, 3.8) is 0 Å². The molecule has 0 bridgehead atoms. The molecule has 2 aromatic heterocycles. The number of hydrogen-bond donors (Lipinski definition) is 2. The fraction of sp³-hybridized carbons (Fsp3) is 0.111. The Hall–Kier alpha value is -2.80. The predicted molar refractivity (Wildman–Crippen MR) is 99.6 cm³/mol. The quantitative estimate of drug-likeness (QED) is 0.687. The third kappa shape index (κ3) is 4.84. The van der Waals surface area contributed by atoms with Gasteiger partial charge in [0.1, 0.15) is 5.69 Å². The molecule has 0 aliphatic heterocycles. The molecule has 0 fully saturated rings. The number of halogens is 1. The monoisotopic (exact) mass is 397 g/mol. The Morgan fingerprint density at radius 3 is 2.52 bits per heavy atom. The Labute approximate surface area is 153 Å². The van der Waals surface area contributed by atoms with E-state index in [1.165, 1.54) is 0 Å². The van der Waals surface area contributed by atoms with Crippen LogP contribution in [0.15, 0.2) is 59.3 Å². The zero-order valence-corrected chi connectivity index (χ0v) is 15.1. The van der Waals surface area contributed by atoms with Crippen LogP contribution >= 0.6 is 15.9 Å². The number of nitrogens with zero attached hydrogens (tertiary/aromatic N) is 3. The topological polar surface area (TPSA) is 79.8 Å². The zero-order valence-electron chi connectivity index (χ0n) is 13.5. The van der Waals surface area contributed by atoms with E-state index in [9.17, 15) is 4.79 Å². The molecule has 1 amide bonds. The Morgan fingerprint density at radius 2 is 1.80 bits per heavy atom. The van der Waals surface area contributed by atoms with Gasteiger partial charge in [0.25, 0.3) is 5.91 Å². The van der Waals surface area contributed by atoms with E-state index in [0.717, 1.165) is 15.7 Å². The average molecular weight is 398 g/mol. The van der Waals surface area contributed by atoms with Crippen molar-refractivity contribution in [3.8, 4) is 0 Å². The maximum Gasteiger partial charge on any atom is 0.270 e. The van der Waals surface area contributed by atoms with E-state index in [-0.39, 0.29) is 5.91 Å². The molecule has 0 aliphatic carbocycles. The number of carbonyl (C=O) groups excluding carboxylic acids is 1. The molecular formula is C18H16BrN5O. The minimum absolute atomic E-state index is 0.249. The first-order chi connectivity index (χ1) is 12.1. The van der Waals surface area contributed by atoms with Crippen LogP contribution in [0.4, 0.5) is 11.6 Å². The number of rotatable bonds is 5. The second-order valence-corrected chi connectivity index (χ2v) is 6.30. The van der Waals surface area contributed by atoms with E-state index < -0.39 is 0 Å². The number of pyridine rings is 1. The van der Waals surface area contributed by atoms with Crippen LogP contribution in [0.5, 0.6) is 0 Å². The summed E-state index contributed by atoms with van der Waals surface area (Å²) in [4.78, 5) is 25.0. The summed E-state index contributed by atoms with van der Waals surface area (Å²) in [5.41, 5.74) is 2.85. The van der Waals surface area contributed by atoms with Crippen LogP contribution in [0.1, 0.15) is 21.7 Å². The Balaban J connectivity index is 1.72. The van der Waals surface area contributed by atoms with E-state index >= 15 is 0 Å². The molecular weight excluding hydrogens is 382 g/mol. The van der Waals surface area contributed by atoms with Gasteiger partial charge < -0.3 is 10.6 Å². The van der Waals surface area contributed by atoms with Crippen molar-refractivity contribution in [2.75, 3.05) is 5.32 Å². The van der Waals surface area contributed by atoms with Crippen molar-refractivity contribution in [1.29, 1.82) is 0 Å². The lowest BCUT2D eigenvalue weighted by Gasteiger charge is -2.09. The Bertz CT molecular complexity index is 868. The molecule has 126 valence electrons. The van der Waals surface area contributed by atoms with Gasteiger partial charge in [0.2, 0.25) is 5.95 Å². The fourth-order valence-corrected chi connectivity index (χ4v) is 2.44. The van der Waals surface area contributed by atoms with Crippen molar-refractivity contribution in [1.82, 2.24) is 20.3 Å². The highest BCUT2D eigenvalue weighted by Gasteiger charge is 2.10. The van der Waals surface area contributed by atoms with Gasteiger partial charge in [0, 0.05) is 34.8 Å². The Morgan fingerprint density at radius 1 is 1.08 bits per heavy atom. The lowest BCUT2D eigenvalue weighted by molar-refractivity contribution is 0.0945. The number of amides is 1. The number of benzene rings is 1. The van der Waals surface area contributed by atoms with Gasteiger partial charge >= 0.3 is 0 Å². The van der Waals surface area contributed by atoms with Crippen molar-refractivity contribution >= 4 is 33.5 Å². The minimum atomic E-state index is -0.249. The molecule has 3 aromatic rings. The van der Waals surface area contributed by atoms with Gasteiger partial charge in [-0.2, -0.15) is 0 Å². The van der Waals surface area contributed by atoms with Gasteiger partial charge in [0.15, 0.2) is 0 Å².